The average Bonchev–Trinajstić information content (AvgIpc) is 0. The molecule has 0 N–H and O–H groups in total. The summed E-state index contributed by atoms with van der Waals surface area (Å²) in [5.74, 6) is 0. The Morgan fingerprint density at radius 1 is 1.00 bits per heavy atom. The molecule has 0 atom stereocenters. The summed E-state index contributed by atoms with van der Waals surface area (Å²) in [5.41, 5.74) is 0. The monoisotopic (exact) mass is 438 g/mol. The van der Waals surface area contributed by atoms with E-state index in [9.17, 15) is 0 Å². The maximum Gasteiger partial charge on any atom is 0 e. The third-order valence-corrected chi connectivity index (χ3v) is 0. The van der Waals surface area contributed by atoms with Gasteiger partial charge >= 0.3 is 0 Å². The molecule has 0 rings (SSSR count). The molecule has 0 aliphatic carbocycles. The molecule has 0 aromatic carbocycles. The smallest absolute Gasteiger partial charge is 0 e. The molecule has 0 bridgehead atoms. The van der Waals surface area contributed by atoms with Gasteiger partial charge in [-0.05, 0) is 0 Å². The van der Waals surface area contributed by atoms with Crippen LogP contribution in [-0.2, 0) is 86.2 Å². The SMILES string of the molecule is [Au].[Cd].[Cu].[Zn]. The number of hydrogen-bond acceptors (Lipinski definition) is 0. The quantitative estimate of drug-likeness (QED) is 0.467. The predicted molar refractivity (Wildman–Crippen MR) is 0 cm³/mol. The predicted octanol–water partition coefficient (Wildman–Crippen LogP) is -0.0100. The van der Waals surface area contributed by atoms with Crippen molar-refractivity contribution in [2.75, 3.05) is 0 Å². The van der Waals surface area contributed by atoms with Crippen molar-refractivity contribution >= 4 is 0 Å². The van der Waals surface area contributed by atoms with Crippen LogP contribution in [0.3, 0.4) is 0 Å². The maximum atomic E-state index is 0. The minimum absolute atomic E-state index is 0. The van der Waals surface area contributed by atoms with Gasteiger partial charge in [-0.3, -0.25) is 0 Å². The molecule has 4 heavy (non-hydrogen) atoms. The molecule has 0 aromatic rings. The van der Waals surface area contributed by atoms with E-state index in [1.165, 1.54) is 0 Å². The van der Waals surface area contributed by atoms with Crippen LogP contribution in [0.5, 0.6) is 0 Å². The van der Waals surface area contributed by atoms with Crippen LogP contribution in [0.4, 0.5) is 0 Å². The van der Waals surface area contributed by atoms with Crippen LogP contribution in [0.1, 0.15) is 0 Å². The van der Waals surface area contributed by atoms with Gasteiger partial charge in [-0.1, -0.05) is 0 Å². The summed E-state index contributed by atoms with van der Waals surface area (Å²) in [6, 6.07) is 0. The van der Waals surface area contributed by atoms with Gasteiger partial charge in [0.15, 0.2) is 0 Å². The molecule has 2 radical (unpaired) electrons. The molecule has 0 nitrogen and oxygen atoms in total. The van der Waals surface area contributed by atoms with E-state index >= 15 is 0 Å². The third kappa shape index (κ3) is 8.84. The molecule has 0 saturated heterocycles. The molecule has 0 aromatic heterocycles. The van der Waals surface area contributed by atoms with Crippen molar-refractivity contribution in [3.8, 4) is 0 Å². The Balaban J connectivity index is 0. The number of rotatable bonds is 0. The Hall–Kier alpha value is 2.81. The van der Waals surface area contributed by atoms with Crippen molar-refractivity contribution in [2.24, 2.45) is 0 Å². The minimum atomic E-state index is 0. The fourth-order valence-corrected chi connectivity index (χ4v) is 0. The van der Waals surface area contributed by atoms with Crippen molar-refractivity contribution in [2.45, 2.75) is 0 Å². The second-order valence-corrected chi connectivity index (χ2v) is 0. The van der Waals surface area contributed by atoms with Gasteiger partial charge in [0.05, 0.1) is 0 Å². The van der Waals surface area contributed by atoms with Crippen LogP contribution >= 0.6 is 0 Å². The molecular formula is AuCdCuZn. The molecule has 0 spiro atoms. The summed E-state index contributed by atoms with van der Waals surface area (Å²) < 4.78 is 0. The normalized spacial score (nSPS) is 0. The summed E-state index contributed by atoms with van der Waals surface area (Å²) >= 11 is 0. The van der Waals surface area contributed by atoms with E-state index in [4.69, 9.17) is 0 Å². The van der Waals surface area contributed by atoms with E-state index in [2.05, 4.69) is 0 Å². The van der Waals surface area contributed by atoms with Crippen molar-refractivity contribution in [1.82, 2.24) is 0 Å². The number of hydrogen-bond donors (Lipinski definition) is 0. The van der Waals surface area contributed by atoms with E-state index in [1.807, 2.05) is 0 Å². The van der Waals surface area contributed by atoms with Crippen LogP contribution in [0, 0.1) is 0 Å². The zero-order chi connectivity index (χ0) is 0. The summed E-state index contributed by atoms with van der Waals surface area (Å²) in [4.78, 5) is 0. The Morgan fingerprint density at radius 3 is 1.00 bits per heavy atom. The molecule has 0 fully saturated rings. The first-order chi connectivity index (χ1) is 0. The van der Waals surface area contributed by atoms with Gasteiger partial charge in [0.1, 0.15) is 0 Å². The van der Waals surface area contributed by atoms with Gasteiger partial charge in [-0.25, -0.2) is 0 Å². The van der Waals surface area contributed by atoms with E-state index in [-0.39, 0.29) is 86.2 Å². The van der Waals surface area contributed by atoms with Crippen LogP contribution in [0.25, 0.3) is 0 Å². The van der Waals surface area contributed by atoms with Gasteiger partial charge < -0.3 is 0 Å². The fraction of sp³-hybridized carbons (Fsp3) is 0. The Bertz CT molecular complexity index is 8.00. The second-order valence-electron chi connectivity index (χ2n) is 0. The van der Waals surface area contributed by atoms with Gasteiger partial charge in [0.2, 0.25) is 0 Å². The van der Waals surface area contributed by atoms with Crippen LogP contribution in [0.15, 0.2) is 0 Å². The Kier molecular flexibility index (Phi) is 124. The van der Waals surface area contributed by atoms with Gasteiger partial charge in [-0.15, -0.1) is 0 Å². The average molecular weight is 438 g/mol. The first-order valence-corrected chi connectivity index (χ1v) is 0. The Labute approximate surface area is 84.8 Å². The van der Waals surface area contributed by atoms with Crippen LogP contribution in [-0.4, -0.2) is 0 Å². The third-order valence-electron chi connectivity index (χ3n) is 0. The zero-order valence-corrected chi connectivity index (χ0v) is 12.1. The zero-order valence-electron chi connectivity index (χ0n) is 2.02. The summed E-state index contributed by atoms with van der Waals surface area (Å²) in [7, 11) is 0. The van der Waals surface area contributed by atoms with Gasteiger partial charge in [0.25, 0.3) is 0 Å². The van der Waals surface area contributed by atoms with E-state index in [1.54, 1.807) is 0 Å². The Morgan fingerprint density at radius 2 is 1.00 bits per heavy atom. The molecule has 4 heteroatoms. The fourth-order valence-electron chi connectivity index (χ4n) is 0. The maximum absolute atomic E-state index is 0. The van der Waals surface area contributed by atoms with E-state index in [0.29, 0.717) is 0 Å². The molecule has 26 valence electrons. The van der Waals surface area contributed by atoms with Gasteiger partial charge in [0, 0.05) is 86.2 Å². The largest absolute Gasteiger partial charge is 0 e. The second kappa shape index (κ2) is 17.0. The first-order valence-electron chi connectivity index (χ1n) is 0. The summed E-state index contributed by atoms with van der Waals surface area (Å²) in [5, 5.41) is 0. The van der Waals surface area contributed by atoms with Crippen molar-refractivity contribution in [3.63, 3.8) is 0 Å². The van der Waals surface area contributed by atoms with Crippen LogP contribution < -0.4 is 0 Å². The molecular weight excluding hydrogens is 438 g/mol. The molecule has 0 saturated carbocycles. The molecule has 0 aliphatic heterocycles. The van der Waals surface area contributed by atoms with E-state index in [0.717, 1.165) is 0 Å². The molecule has 0 aliphatic rings. The minimum Gasteiger partial charge on any atom is 0 e. The summed E-state index contributed by atoms with van der Waals surface area (Å²) in [6.07, 6.45) is 0. The van der Waals surface area contributed by atoms with Gasteiger partial charge in [-0.2, -0.15) is 0 Å². The molecule has 0 unspecified atom stereocenters. The van der Waals surface area contributed by atoms with Crippen molar-refractivity contribution in [1.29, 1.82) is 0 Å². The molecule has 0 amide bonds. The first kappa shape index (κ1) is 29.1. The van der Waals surface area contributed by atoms with Crippen molar-refractivity contribution in [3.05, 3.63) is 0 Å². The molecule has 0 heterocycles. The van der Waals surface area contributed by atoms with Crippen molar-refractivity contribution < 1.29 is 86.2 Å². The standard InChI is InChI=1S/Au.Cd.Cu.Zn. The van der Waals surface area contributed by atoms with E-state index < -0.39 is 0 Å². The summed E-state index contributed by atoms with van der Waals surface area (Å²) in [6.45, 7) is 0. The van der Waals surface area contributed by atoms with Crippen LogP contribution in [0.2, 0.25) is 0 Å². The topological polar surface area (TPSA) is 0 Å².